The molecule has 0 atom stereocenters. The summed E-state index contributed by atoms with van der Waals surface area (Å²) in [6, 6.07) is 2.10. The van der Waals surface area contributed by atoms with Crippen molar-refractivity contribution < 1.29 is 0 Å². The summed E-state index contributed by atoms with van der Waals surface area (Å²) in [7, 11) is 0. The summed E-state index contributed by atoms with van der Waals surface area (Å²) in [6.45, 7) is 8.57. The van der Waals surface area contributed by atoms with Gasteiger partial charge < -0.3 is 5.32 Å². The molecule has 2 N–H and O–H groups in total. The second-order valence-electron chi connectivity index (χ2n) is 7.11. The van der Waals surface area contributed by atoms with E-state index in [2.05, 4.69) is 59.2 Å². The van der Waals surface area contributed by atoms with Crippen LogP contribution in [-0.2, 0) is 6.42 Å². The van der Waals surface area contributed by atoms with Crippen molar-refractivity contribution in [2.45, 2.75) is 65.7 Å². The van der Waals surface area contributed by atoms with Crippen LogP contribution in [0, 0.1) is 19.8 Å². The maximum Gasteiger partial charge on any atom is 0.228 e. The van der Waals surface area contributed by atoms with Crippen LogP contribution in [0.2, 0.25) is 0 Å². The van der Waals surface area contributed by atoms with Crippen LogP contribution in [0.4, 0.5) is 11.8 Å². The lowest BCUT2D eigenvalue weighted by Gasteiger charge is -2.12. The molecular formula is C18H27N5. The van der Waals surface area contributed by atoms with Crippen molar-refractivity contribution in [3.05, 3.63) is 28.7 Å². The lowest BCUT2D eigenvalue weighted by Crippen LogP contribution is -2.07. The van der Waals surface area contributed by atoms with Gasteiger partial charge in [-0.2, -0.15) is 5.10 Å². The Morgan fingerprint density at radius 2 is 1.83 bits per heavy atom. The Balaban J connectivity index is 1.75. The fraction of sp³-hybridized carbons (Fsp3) is 0.611. The van der Waals surface area contributed by atoms with Crippen LogP contribution < -0.4 is 5.32 Å². The molecule has 2 heterocycles. The predicted octanol–water partition coefficient (Wildman–Crippen LogP) is 4.42. The van der Waals surface area contributed by atoms with Gasteiger partial charge >= 0.3 is 0 Å². The number of hydrogen-bond acceptors (Lipinski definition) is 4. The highest BCUT2D eigenvalue weighted by atomic mass is 15.2. The number of nitrogens with one attached hydrogen (secondary N) is 2. The van der Waals surface area contributed by atoms with Crippen molar-refractivity contribution in [3.8, 4) is 0 Å². The van der Waals surface area contributed by atoms with E-state index in [4.69, 9.17) is 0 Å². The van der Waals surface area contributed by atoms with Gasteiger partial charge in [0.25, 0.3) is 0 Å². The molecule has 2 aromatic rings. The molecule has 0 amide bonds. The zero-order chi connectivity index (χ0) is 16.4. The van der Waals surface area contributed by atoms with Crippen molar-refractivity contribution in [1.82, 2.24) is 20.2 Å². The molecule has 0 radical (unpaired) electrons. The van der Waals surface area contributed by atoms with Crippen LogP contribution >= 0.6 is 0 Å². The molecule has 0 spiro atoms. The summed E-state index contributed by atoms with van der Waals surface area (Å²) < 4.78 is 0. The molecule has 1 aliphatic carbocycles. The van der Waals surface area contributed by atoms with Crippen molar-refractivity contribution in [2.24, 2.45) is 5.92 Å². The Labute approximate surface area is 138 Å². The number of anilines is 2. The van der Waals surface area contributed by atoms with E-state index in [9.17, 15) is 0 Å². The van der Waals surface area contributed by atoms with Gasteiger partial charge in [0, 0.05) is 29.1 Å². The normalized spacial score (nSPS) is 15.5. The Bertz CT molecular complexity index is 645. The molecule has 3 rings (SSSR count). The number of aromatic amines is 1. The van der Waals surface area contributed by atoms with Gasteiger partial charge in [-0.3, -0.25) is 5.10 Å². The summed E-state index contributed by atoms with van der Waals surface area (Å²) in [4.78, 5) is 9.23. The molecule has 1 saturated carbocycles. The maximum absolute atomic E-state index is 4.61. The van der Waals surface area contributed by atoms with Crippen molar-refractivity contribution in [2.75, 3.05) is 5.32 Å². The third kappa shape index (κ3) is 3.71. The number of nitrogens with zero attached hydrogens (tertiary/aromatic N) is 3. The van der Waals surface area contributed by atoms with Crippen molar-refractivity contribution >= 4 is 11.8 Å². The first-order chi connectivity index (χ1) is 11.0. The van der Waals surface area contributed by atoms with Gasteiger partial charge in [0.15, 0.2) is 5.82 Å². The number of H-pyrrole nitrogens is 1. The quantitative estimate of drug-likeness (QED) is 0.857. The van der Waals surface area contributed by atoms with Gasteiger partial charge in [-0.05, 0) is 44.6 Å². The molecule has 5 nitrogen and oxygen atoms in total. The summed E-state index contributed by atoms with van der Waals surface area (Å²) >= 11 is 0. The smallest absolute Gasteiger partial charge is 0.228 e. The highest BCUT2D eigenvalue weighted by Crippen LogP contribution is 2.33. The fourth-order valence-corrected chi connectivity index (χ4v) is 3.46. The SMILES string of the molecule is Cc1nc(Nc2cc(C3CCCC3)[nH]n2)nc(C)c1CC(C)C. The lowest BCUT2D eigenvalue weighted by molar-refractivity contribution is 0.637. The molecular weight excluding hydrogens is 286 g/mol. The van der Waals surface area contributed by atoms with Crippen LogP contribution in [0.1, 0.15) is 68.1 Å². The van der Waals surface area contributed by atoms with Crippen LogP contribution in [0.15, 0.2) is 6.07 Å². The van der Waals surface area contributed by atoms with Crippen LogP contribution in [-0.4, -0.2) is 20.2 Å². The van der Waals surface area contributed by atoms with E-state index in [1.54, 1.807) is 0 Å². The van der Waals surface area contributed by atoms with Gasteiger partial charge in [-0.25, -0.2) is 9.97 Å². The average Bonchev–Trinajstić information content (AvgIpc) is 3.13. The predicted molar refractivity (Wildman–Crippen MR) is 93.1 cm³/mol. The minimum atomic E-state index is 0.607. The summed E-state index contributed by atoms with van der Waals surface area (Å²) in [5.41, 5.74) is 4.61. The Kier molecular flexibility index (Phi) is 4.64. The zero-order valence-electron chi connectivity index (χ0n) is 14.6. The van der Waals surface area contributed by atoms with Gasteiger partial charge in [-0.1, -0.05) is 26.7 Å². The Morgan fingerprint density at radius 1 is 1.17 bits per heavy atom. The minimum Gasteiger partial charge on any atom is -0.307 e. The molecule has 0 aromatic carbocycles. The van der Waals surface area contributed by atoms with E-state index in [0.717, 1.165) is 23.6 Å². The fourth-order valence-electron chi connectivity index (χ4n) is 3.46. The molecule has 1 aliphatic rings. The molecule has 23 heavy (non-hydrogen) atoms. The average molecular weight is 313 g/mol. The van der Waals surface area contributed by atoms with Crippen LogP contribution in [0.5, 0.6) is 0 Å². The van der Waals surface area contributed by atoms with E-state index in [0.29, 0.717) is 17.8 Å². The first-order valence-electron chi connectivity index (χ1n) is 8.69. The number of aryl methyl sites for hydroxylation is 2. The van der Waals surface area contributed by atoms with Gasteiger partial charge in [-0.15, -0.1) is 0 Å². The molecule has 2 aromatic heterocycles. The number of rotatable bonds is 5. The second kappa shape index (κ2) is 6.69. The number of hydrogen-bond donors (Lipinski definition) is 2. The first-order valence-corrected chi connectivity index (χ1v) is 8.69. The maximum atomic E-state index is 4.61. The minimum absolute atomic E-state index is 0.607. The standard InChI is InChI=1S/C18H27N5/c1-11(2)9-15-12(3)19-18(20-13(15)4)21-17-10-16(22-23-17)14-7-5-6-8-14/h10-11,14H,5-9H2,1-4H3,(H2,19,20,21,22,23). The van der Waals surface area contributed by atoms with Gasteiger partial charge in [0.2, 0.25) is 5.95 Å². The van der Waals surface area contributed by atoms with Crippen molar-refractivity contribution in [3.63, 3.8) is 0 Å². The molecule has 124 valence electrons. The largest absolute Gasteiger partial charge is 0.307 e. The number of aromatic nitrogens is 4. The van der Waals surface area contributed by atoms with Crippen molar-refractivity contribution in [1.29, 1.82) is 0 Å². The Morgan fingerprint density at radius 3 is 2.43 bits per heavy atom. The topological polar surface area (TPSA) is 66.5 Å². The summed E-state index contributed by atoms with van der Waals surface area (Å²) in [5, 5.41) is 10.8. The van der Waals surface area contributed by atoms with Crippen LogP contribution in [0.3, 0.4) is 0 Å². The molecule has 0 bridgehead atoms. The molecule has 0 aliphatic heterocycles. The van der Waals surface area contributed by atoms with E-state index in [1.165, 1.54) is 36.9 Å². The summed E-state index contributed by atoms with van der Waals surface area (Å²) in [6.07, 6.45) is 6.20. The highest BCUT2D eigenvalue weighted by molar-refractivity contribution is 5.49. The molecule has 0 unspecified atom stereocenters. The second-order valence-corrected chi connectivity index (χ2v) is 7.11. The lowest BCUT2D eigenvalue weighted by atomic mass is 10.0. The summed E-state index contributed by atoms with van der Waals surface area (Å²) in [5.74, 6) is 2.69. The molecule has 5 heteroatoms. The van der Waals surface area contributed by atoms with E-state index >= 15 is 0 Å². The molecule has 0 saturated heterocycles. The van der Waals surface area contributed by atoms with E-state index in [-0.39, 0.29) is 0 Å². The van der Waals surface area contributed by atoms with Gasteiger partial charge in [0.1, 0.15) is 0 Å². The molecule has 1 fully saturated rings. The van der Waals surface area contributed by atoms with E-state index < -0.39 is 0 Å². The monoisotopic (exact) mass is 313 g/mol. The third-order valence-electron chi connectivity index (χ3n) is 4.67. The highest BCUT2D eigenvalue weighted by Gasteiger charge is 2.19. The zero-order valence-corrected chi connectivity index (χ0v) is 14.6. The first kappa shape index (κ1) is 16.0. The third-order valence-corrected chi connectivity index (χ3v) is 4.67. The van der Waals surface area contributed by atoms with Gasteiger partial charge in [0.05, 0.1) is 0 Å². The van der Waals surface area contributed by atoms with E-state index in [1.807, 2.05) is 0 Å². The van der Waals surface area contributed by atoms with Crippen LogP contribution in [0.25, 0.3) is 0 Å². The Hall–Kier alpha value is -1.91.